The molecule has 0 bridgehead atoms. The molecule has 1 atom stereocenters. The van der Waals surface area contributed by atoms with Crippen LogP contribution in [0.25, 0.3) is 0 Å². The smallest absolute Gasteiger partial charge is 0.293 e. The Balaban J connectivity index is 1.80. The number of amides is 2. The van der Waals surface area contributed by atoms with Gasteiger partial charge in [0.2, 0.25) is 11.8 Å². The molecule has 3 rings (SSSR count). The third-order valence-electron chi connectivity index (χ3n) is 4.71. The second kappa shape index (κ2) is 7.19. The summed E-state index contributed by atoms with van der Waals surface area (Å²) in [6, 6.07) is 10.5. The largest absolute Gasteiger partial charge is 0.320 e. The van der Waals surface area contributed by atoms with Crippen molar-refractivity contribution in [2.75, 3.05) is 16.8 Å². The number of nitrogens with one attached hydrogen (secondary N) is 1. The van der Waals surface area contributed by atoms with Gasteiger partial charge in [-0.2, -0.15) is 0 Å². The number of nitrogens with zero attached hydrogens (tertiary/aromatic N) is 2. The molecule has 0 spiro atoms. The monoisotopic (exact) mass is 367 g/mol. The van der Waals surface area contributed by atoms with E-state index in [1.165, 1.54) is 6.07 Å². The van der Waals surface area contributed by atoms with E-state index in [0.717, 1.165) is 16.8 Å². The summed E-state index contributed by atoms with van der Waals surface area (Å²) >= 11 is 0. The lowest BCUT2D eigenvalue weighted by molar-refractivity contribution is -0.384. The highest BCUT2D eigenvalue weighted by Gasteiger charge is 2.36. The number of rotatable bonds is 4. The molecule has 27 heavy (non-hydrogen) atoms. The zero-order chi connectivity index (χ0) is 19.7. The van der Waals surface area contributed by atoms with E-state index in [1.807, 2.05) is 32.0 Å². The Morgan fingerprint density at radius 3 is 2.48 bits per heavy atom. The summed E-state index contributed by atoms with van der Waals surface area (Å²) in [5.74, 6) is -1.07. The van der Waals surface area contributed by atoms with Crippen LogP contribution >= 0.6 is 0 Å². The summed E-state index contributed by atoms with van der Waals surface area (Å²) in [6.45, 7) is 5.87. The van der Waals surface area contributed by atoms with Crippen molar-refractivity contribution < 1.29 is 14.5 Å². The van der Waals surface area contributed by atoms with Crippen LogP contribution in [0.2, 0.25) is 0 Å². The number of aryl methyl sites for hydroxylation is 3. The van der Waals surface area contributed by atoms with Gasteiger partial charge in [-0.25, -0.2) is 0 Å². The lowest BCUT2D eigenvalue weighted by atomic mass is 10.1. The minimum atomic E-state index is -0.558. The van der Waals surface area contributed by atoms with Crippen LogP contribution in [0.4, 0.5) is 17.1 Å². The molecule has 1 N–H and O–H groups in total. The van der Waals surface area contributed by atoms with Crippen molar-refractivity contribution in [1.29, 1.82) is 0 Å². The van der Waals surface area contributed by atoms with E-state index in [9.17, 15) is 19.7 Å². The molecule has 2 amide bonds. The molecule has 0 saturated carbocycles. The predicted molar refractivity (Wildman–Crippen MR) is 103 cm³/mol. The Morgan fingerprint density at radius 1 is 1.19 bits per heavy atom. The molecule has 2 aromatic rings. The fourth-order valence-corrected chi connectivity index (χ4v) is 3.43. The van der Waals surface area contributed by atoms with Crippen LogP contribution < -0.4 is 10.2 Å². The van der Waals surface area contributed by atoms with Crippen molar-refractivity contribution in [2.24, 2.45) is 5.92 Å². The Bertz CT molecular complexity index is 919. The first-order chi connectivity index (χ1) is 12.8. The van der Waals surface area contributed by atoms with E-state index in [2.05, 4.69) is 5.32 Å². The molecule has 1 aliphatic rings. The highest BCUT2D eigenvalue weighted by Crippen LogP contribution is 2.31. The van der Waals surface area contributed by atoms with Crippen LogP contribution in [0.3, 0.4) is 0 Å². The van der Waals surface area contributed by atoms with Gasteiger partial charge >= 0.3 is 0 Å². The standard InChI is InChI=1S/C20H21N3O4/c1-12-7-13(2)9-16(8-12)22-11-15(10-18(22)24)20(25)21-19-14(3)5-4-6-17(19)23(26)27/h4-9,15H,10-11H2,1-3H3,(H,21,25). The molecular formula is C20H21N3O4. The van der Waals surface area contributed by atoms with Crippen LogP contribution in [-0.4, -0.2) is 23.3 Å². The van der Waals surface area contributed by atoms with E-state index in [1.54, 1.807) is 24.0 Å². The molecule has 0 aliphatic carbocycles. The van der Waals surface area contributed by atoms with E-state index < -0.39 is 10.8 Å². The zero-order valence-electron chi connectivity index (χ0n) is 15.5. The maximum absolute atomic E-state index is 12.7. The third-order valence-corrected chi connectivity index (χ3v) is 4.71. The van der Waals surface area contributed by atoms with Gasteiger partial charge in [0, 0.05) is 24.7 Å². The van der Waals surface area contributed by atoms with Gasteiger partial charge in [0.25, 0.3) is 5.69 Å². The molecule has 2 aromatic carbocycles. The average Bonchev–Trinajstić information content (AvgIpc) is 2.97. The second-order valence-corrected chi connectivity index (χ2v) is 6.97. The Labute approximate surface area is 157 Å². The van der Waals surface area contributed by atoms with Crippen molar-refractivity contribution in [1.82, 2.24) is 0 Å². The number of carbonyl (C=O) groups excluding carboxylic acids is 2. The minimum Gasteiger partial charge on any atom is -0.320 e. The van der Waals surface area contributed by atoms with Crippen LogP contribution in [0.15, 0.2) is 36.4 Å². The molecule has 0 radical (unpaired) electrons. The first kappa shape index (κ1) is 18.6. The third kappa shape index (κ3) is 3.81. The number of nitro groups is 1. The van der Waals surface area contributed by atoms with Gasteiger partial charge in [0.05, 0.1) is 10.8 Å². The predicted octanol–water partition coefficient (Wildman–Crippen LogP) is 3.51. The highest BCUT2D eigenvalue weighted by molar-refractivity contribution is 6.04. The number of benzene rings is 2. The molecule has 1 unspecified atom stereocenters. The van der Waals surface area contributed by atoms with Crippen molar-refractivity contribution in [3.8, 4) is 0 Å². The summed E-state index contributed by atoms with van der Waals surface area (Å²) in [6.07, 6.45) is 0.0818. The average molecular weight is 367 g/mol. The van der Waals surface area contributed by atoms with Gasteiger partial charge in [-0.1, -0.05) is 18.2 Å². The highest BCUT2D eigenvalue weighted by atomic mass is 16.6. The van der Waals surface area contributed by atoms with Gasteiger partial charge in [-0.3, -0.25) is 19.7 Å². The van der Waals surface area contributed by atoms with Crippen molar-refractivity contribution >= 4 is 28.9 Å². The van der Waals surface area contributed by atoms with E-state index in [4.69, 9.17) is 0 Å². The number of carbonyl (C=O) groups is 2. The number of hydrogen-bond acceptors (Lipinski definition) is 4. The molecule has 1 fully saturated rings. The Hall–Kier alpha value is -3.22. The van der Waals surface area contributed by atoms with E-state index >= 15 is 0 Å². The fourth-order valence-electron chi connectivity index (χ4n) is 3.43. The quantitative estimate of drug-likeness (QED) is 0.661. The molecule has 1 aliphatic heterocycles. The first-order valence-corrected chi connectivity index (χ1v) is 8.70. The lowest BCUT2D eigenvalue weighted by Crippen LogP contribution is -2.28. The molecule has 0 aromatic heterocycles. The lowest BCUT2D eigenvalue weighted by Gasteiger charge is -2.18. The molecular weight excluding hydrogens is 346 g/mol. The number of hydrogen-bond donors (Lipinski definition) is 1. The summed E-state index contributed by atoms with van der Waals surface area (Å²) in [5.41, 5.74) is 3.49. The summed E-state index contributed by atoms with van der Waals surface area (Å²) in [7, 11) is 0. The first-order valence-electron chi connectivity index (χ1n) is 8.70. The molecule has 7 nitrogen and oxygen atoms in total. The van der Waals surface area contributed by atoms with Crippen LogP contribution in [0, 0.1) is 36.8 Å². The number of nitro benzene ring substituents is 1. The molecule has 140 valence electrons. The number of para-hydroxylation sites is 1. The zero-order valence-corrected chi connectivity index (χ0v) is 15.5. The van der Waals surface area contributed by atoms with E-state index in [-0.39, 0.29) is 36.2 Å². The SMILES string of the molecule is Cc1cc(C)cc(N2CC(C(=O)Nc3c(C)cccc3[N+](=O)[O-])CC2=O)c1. The molecule has 7 heteroatoms. The molecule has 1 saturated heterocycles. The van der Waals surface area contributed by atoms with Crippen LogP contribution in [0.1, 0.15) is 23.1 Å². The topological polar surface area (TPSA) is 92.6 Å². The fraction of sp³-hybridized carbons (Fsp3) is 0.300. The van der Waals surface area contributed by atoms with Gasteiger partial charge < -0.3 is 10.2 Å². The van der Waals surface area contributed by atoms with Crippen molar-refractivity contribution in [2.45, 2.75) is 27.2 Å². The van der Waals surface area contributed by atoms with Crippen LogP contribution in [-0.2, 0) is 9.59 Å². The summed E-state index contributed by atoms with van der Waals surface area (Å²) in [5, 5.41) is 13.9. The van der Waals surface area contributed by atoms with Crippen molar-refractivity contribution in [3.05, 3.63) is 63.2 Å². The summed E-state index contributed by atoms with van der Waals surface area (Å²) < 4.78 is 0. The second-order valence-electron chi connectivity index (χ2n) is 6.97. The molecule has 1 heterocycles. The summed E-state index contributed by atoms with van der Waals surface area (Å²) in [4.78, 5) is 37.4. The minimum absolute atomic E-state index is 0.0818. The van der Waals surface area contributed by atoms with Gasteiger partial charge in [-0.15, -0.1) is 0 Å². The van der Waals surface area contributed by atoms with E-state index in [0.29, 0.717) is 5.56 Å². The Morgan fingerprint density at radius 2 is 1.85 bits per heavy atom. The van der Waals surface area contributed by atoms with Gasteiger partial charge in [0.15, 0.2) is 0 Å². The number of anilines is 2. The Kier molecular flexibility index (Phi) is 4.94. The normalized spacial score (nSPS) is 16.5. The maximum atomic E-state index is 12.7. The van der Waals surface area contributed by atoms with Gasteiger partial charge in [-0.05, 0) is 49.6 Å². The van der Waals surface area contributed by atoms with Crippen molar-refractivity contribution in [3.63, 3.8) is 0 Å². The van der Waals surface area contributed by atoms with Gasteiger partial charge in [0.1, 0.15) is 5.69 Å². The maximum Gasteiger partial charge on any atom is 0.293 e. The van der Waals surface area contributed by atoms with Crippen LogP contribution in [0.5, 0.6) is 0 Å².